The van der Waals surface area contributed by atoms with Crippen LogP contribution in [0.25, 0.3) is 0 Å². The van der Waals surface area contributed by atoms with Crippen molar-refractivity contribution in [2.45, 2.75) is 32.5 Å². The molecule has 1 N–H and O–H groups in total. The Morgan fingerprint density at radius 1 is 0.778 bits per heavy atom. The molecule has 0 radical (unpaired) electrons. The van der Waals surface area contributed by atoms with Crippen molar-refractivity contribution in [1.29, 1.82) is 0 Å². The second kappa shape index (κ2) is 9.70. The first-order valence-corrected chi connectivity index (χ1v) is 9.37. The molecule has 0 unspecified atom stereocenters. The van der Waals surface area contributed by atoms with E-state index in [0.29, 0.717) is 6.42 Å². The van der Waals surface area contributed by atoms with Gasteiger partial charge in [-0.3, -0.25) is 9.69 Å². The van der Waals surface area contributed by atoms with Crippen LogP contribution >= 0.6 is 0 Å². The number of anilines is 1. The fourth-order valence-electron chi connectivity index (χ4n) is 3.13. The van der Waals surface area contributed by atoms with Crippen molar-refractivity contribution in [3.05, 3.63) is 102 Å². The minimum Gasteiger partial charge on any atom is -0.326 e. The molecule has 3 rings (SSSR count). The molecule has 0 aliphatic carbocycles. The summed E-state index contributed by atoms with van der Waals surface area (Å²) in [4.78, 5) is 14.9. The lowest BCUT2D eigenvalue weighted by atomic mass is 10.1. The van der Waals surface area contributed by atoms with Gasteiger partial charge in [-0.2, -0.15) is 0 Å². The minimum atomic E-state index is 0.0415. The number of benzene rings is 3. The number of nitrogens with one attached hydrogen (secondary N) is 1. The van der Waals surface area contributed by atoms with E-state index in [4.69, 9.17) is 0 Å². The maximum absolute atomic E-state index is 12.5. The molecular formula is C24H26N2O. The SMILES string of the molecule is C[C@H](CC(=O)Nc1ccccc1)N(Cc1ccccc1)Cc1ccccc1. The first-order chi connectivity index (χ1) is 13.2. The van der Waals surface area contributed by atoms with Crippen LogP contribution in [0.3, 0.4) is 0 Å². The van der Waals surface area contributed by atoms with Gasteiger partial charge in [0.05, 0.1) is 0 Å². The lowest BCUT2D eigenvalue weighted by Crippen LogP contribution is -2.35. The highest BCUT2D eigenvalue weighted by molar-refractivity contribution is 5.91. The zero-order valence-electron chi connectivity index (χ0n) is 15.7. The fourth-order valence-corrected chi connectivity index (χ4v) is 3.13. The third-order valence-electron chi connectivity index (χ3n) is 4.62. The number of rotatable bonds is 8. The standard InChI is InChI=1S/C24H26N2O/c1-20(17-24(27)25-23-15-9-4-10-16-23)26(18-21-11-5-2-6-12-21)19-22-13-7-3-8-14-22/h2-16,20H,17-19H2,1H3,(H,25,27)/t20-/m1/s1. The van der Waals surface area contributed by atoms with E-state index in [9.17, 15) is 4.79 Å². The van der Waals surface area contributed by atoms with Crippen LogP contribution in [0.1, 0.15) is 24.5 Å². The highest BCUT2D eigenvalue weighted by atomic mass is 16.1. The largest absolute Gasteiger partial charge is 0.326 e. The van der Waals surface area contributed by atoms with Crippen molar-refractivity contribution >= 4 is 11.6 Å². The molecule has 0 spiro atoms. The van der Waals surface area contributed by atoms with Gasteiger partial charge in [0.25, 0.3) is 0 Å². The number of nitrogens with zero attached hydrogens (tertiary/aromatic N) is 1. The molecule has 3 aromatic rings. The fraction of sp³-hybridized carbons (Fsp3) is 0.208. The molecule has 0 saturated heterocycles. The van der Waals surface area contributed by atoms with E-state index in [0.717, 1.165) is 18.8 Å². The van der Waals surface area contributed by atoms with Crippen LogP contribution in [-0.4, -0.2) is 16.8 Å². The summed E-state index contributed by atoms with van der Waals surface area (Å²) in [6, 6.07) is 30.6. The van der Waals surface area contributed by atoms with Crippen LogP contribution in [0.15, 0.2) is 91.0 Å². The van der Waals surface area contributed by atoms with E-state index < -0.39 is 0 Å². The zero-order valence-corrected chi connectivity index (χ0v) is 15.7. The van der Waals surface area contributed by atoms with Gasteiger partial charge in [-0.1, -0.05) is 78.9 Å². The molecule has 0 heterocycles. The van der Waals surface area contributed by atoms with E-state index in [1.165, 1.54) is 11.1 Å². The van der Waals surface area contributed by atoms with Crippen molar-refractivity contribution in [3.8, 4) is 0 Å². The van der Waals surface area contributed by atoms with Crippen LogP contribution in [0.4, 0.5) is 5.69 Å². The van der Waals surface area contributed by atoms with Crippen molar-refractivity contribution in [3.63, 3.8) is 0 Å². The summed E-state index contributed by atoms with van der Waals surface area (Å²) in [5.41, 5.74) is 3.35. The smallest absolute Gasteiger partial charge is 0.225 e. The maximum atomic E-state index is 12.5. The normalized spacial score (nSPS) is 11.9. The first-order valence-electron chi connectivity index (χ1n) is 9.37. The Kier molecular flexibility index (Phi) is 6.78. The predicted molar refractivity (Wildman–Crippen MR) is 111 cm³/mol. The first kappa shape index (κ1) is 18.9. The average Bonchev–Trinajstić information content (AvgIpc) is 2.70. The van der Waals surface area contributed by atoms with Gasteiger partial charge in [-0.25, -0.2) is 0 Å². The summed E-state index contributed by atoms with van der Waals surface area (Å²) in [7, 11) is 0. The minimum absolute atomic E-state index is 0.0415. The Morgan fingerprint density at radius 2 is 1.22 bits per heavy atom. The topological polar surface area (TPSA) is 32.3 Å². The van der Waals surface area contributed by atoms with Gasteiger partial charge >= 0.3 is 0 Å². The van der Waals surface area contributed by atoms with Crippen molar-refractivity contribution in [1.82, 2.24) is 4.90 Å². The summed E-state index contributed by atoms with van der Waals surface area (Å²) < 4.78 is 0. The average molecular weight is 358 g/mol. The zero-order chi connectivity index (χ0) is 18.9. The number of hydrogen-bond donors (Lipinski definition) is 1. The van der Waals surface area contributed by atoms with Gasteiger partial charge in [-0.15, -0.1) is 0 Å². The summed E-state index contributed by atoms with van der Waals surface area (Å²) in [6.07, 6.45) is 0.453. The van der Waals surface area contributed by atoms with E-state index in [1.807, 2.05) is 42.5 Å². The molecule has 3 heteroatoms. The number of amides is 1. The van der Waals surface area contributed by atoms with Gasteiger partial charge in [0.1, 0.15) is 0 Å². The number of carbonyl (C=O) groups is 1. The second-order valence-electron chi connectivity index (χ2n) is 6.84. The highest BCUT2D eigenvalue weighted by Gasteiger charge is 2.18. The van der Waals surface area contributed by atoms with E-state index in [-0.39, 0.29) is 11.9 Å². The molecule has 138 valence electrons. The number of para-hydroxylation sites is 1. The molecular weight excluding hydrogens is 332 g/mol. The molecule has 1 atom stereocenters. The molecule has 0 bridgehead atoms. The Bertz CT molecular complexity index is 777. The molecule has 1 amide bonds. The summed E-state index contributed by atoms with van der Waals surface area (Å²) >= 11 is 0. The Labute approximate surface area is 161 Å². The Morgan fingerprint density at radius 3 is 1.70 bits per heavy atom. The molecule has 3 aromatic carbocycles. The van der Waals surface area contributed by atoms with Crippen LogP contribution < -0.4 is 5.32 Å². The van der Waals surface area contributed by atoms with Gasteiger partial charge in [0.2, 0.25) is 5.91 Å². The predicted octanol–water partition coefficient (Wildman–Crippen LogP) is 5.11. The quantitative estimate of drug-likeness (QED) is 0.607. The van der Waals surface area contributed by atoms with E-state index in [1.54, 1.807) is 0 Å². The third-order valence-corrected chi connectivity index (χ3v) is 4.62. The maximum Gasteiger partial charge on any atom is 0.225 e. The van der Waals surface area contributed by atoms with Crippen molar-refractivity contribution < 1.29 is 4.79 Å². The van der Waals surface area contributed by atoms with E-state index in [2.05, 4.69) is 65.7 Å². The molecule has 0 aromatic heterocycles. The van der Waals surface area contributed by atoms with Gasteiger partial charge in [0, 0.05) is 31.2 Å². The molecule has 0 aliphatic rings. The molecule has 0 saturated carbocycles. The number of carbonyl (C=O) groups excluding carboxylic acids is 1. The highest BCUT2D eigenvalue weighted by Crippen LogP contribution is 2.16. The molecule has 3 nitrogen and oxygen atoms in total. The van der Waals surface area contributed by atoms with Gasteiger partial charge in [0.15, 0.2) is 0 Å². The van der Waals surface area contributed by atoms with Crippen LogP contribution in [0.5, 0.6) is 0 Å². The van der Waals surface area contributed by atoms with Crippen LogP contribution in [0.2, 0.25) is 0 Å². The van der Waals surface area contributed by atoms with Crippen LogP contribution in [0, 0.1) is 0 Å². The third kappa shape index (κ3) is 6.08. The Hall–Kier alpha value is -2.91. The van der Waals surface area contributed by atoms with Crippen molar-refractivity contribution in [2.75, 3.05) is 5.32 Å². The summed E-state index contributed by atoms with van der Waals surface area (Å²) in [6.45, 7) is 3.75. The summed E-state index contributed by atoms with van der Waals surface area (Å²) in [5.74, 6) is 0.0415. The van der Waals surface area contributed by atoms with Gasteiger partial charge in [-0.05, 0) is 30.2 Å². The van der Waals surface area contributed by atoms with E-state index >= 15 is 0 Å². The number of hydrogen-bond acceptors (Lipinski definition) is 2. The lowest BCUT2D eigenvalue weighted by molar-refractivity contribution is -0.117. The Balaban J connectivity index is 1.67. The van der Waals surface area contributed by atoms with Crippen molar-refractivity contribution in [2.24, 2.45) is 0 Å². The van der Waals surface area contributed by atoms with Gasteiger partial charge < -0.3 is 5.32 Å². The summed E-state index contributed by atoms with van der Waals surface area (Å²) in [5, 5.41) is 2.99. The molecule has 0 aliphatic heterocycles. The second-order valence-corrected chi connectivity index (χ2v) is 6.84. The lowest BCUT2D eigenvalue weighted by Gasteiger charge is -2.29. The van der Waals surface area contributed by atoms with Crippen LogP contribution in [-0.2, 0) is 17.9 Å². The molecule has 27 heavy (non-hydrogen) atoms. The molecule has 0 fully saturated rings. The monoisotopic (exact) mass is 358 g/mol.